The Hall–Kier alpha value is -3.15. The summed E-state index contributed by atoms with van der Waals surface area (Å²) in [6, 6.07) is 14.7. The van der Waals surface area contributed by atoms with Gasteiger partial charge in [-0.15, -0.1) is 10.2 Å². The largest absolute Gasteiger partial charge is 0.495 e. The highest BCUT2D eigenvalue weighted by atomic mass is 16.5. The van der Waals surface area contributed by atoms with Gasteiger partial charge in [-0.25, -0.2) is 0 Å². The Kier molecular flexibility index (Phi) is 4.05. The van der Waals surface area contributed by atoms with Gasteiger partial charge in [0.05, 0.1) is 12.8 Å². The number of ether oxygens (including phenoxy) is 1. The van der Waals surface area contributed by atoms with Gasteiger partial charge in [0, 0.05) is 5.56 Å². The first-order valence-corrected chi connectivity index (χ1v) is 7.02. The topological polar surface area (TPSA) is 77.2 Å². The number of rotatable bonds is 4. The Morgan fingerprint density at radius 2 is 1.83 bits per heavy atom. The van der Waals surface area contributed by atoms with Gasteiger partial charge in [-0.3, -0.25) is 4.79 Å². The molecule has 0 saturated heterocycles. The summed E-state index contributed by atoms with van der Waals surface area (Å²) in [5, 5.41) is 10.4. The van der Waals surface area contributed by atoms with Crippen LogP contribution in [0.25, 0.3) is 11.5 Å². The number of anilines is 1. The molecule has 0 unspecified atom stereocenters. The van der Waals surface area contributed by atoms with Crippen LogP contribution >= 0.6 is 0 Å². The van der Waals surface area contributed by atoms with Gasteiger partial charge in [0.15, 0.2) is 0 Å². The Morgan fingerprint density at radius 3 is 2.57 bits per heavy atom. The highest BCUT2D eigenvalue weighted by Gasteiger charge is 2.17. The Morgan fingerprint density at radius 1 is 1.09 bits per heavy atom. The molecule has 0 saturated carbocycles. The van der Waals surface area contributed by atoms with Crippen LogP contribution in [0.15, 0.2) is 52.9 Å². The van der Waals surface area contributed by atoms with E-state index in [1.54, 1.807) is 18.2 Å². The first kappa shape index (κ1) is 14.8. The van der Waals surface area contributed by atoms with Gasteiger partial charge >= 0.3 is 11.8 Å². The predicted molar refractivity (Wildman–Crippen MR) is 85.4 cm³/mol. The first-order valence-electron chi connectivity index (χ1n) is 7.02. The molecular weight excluding hydrogens is 294 g/mol. The number of amides is 1. The highest BCUT2D eigenvalue weighted by molar-refractivity contribution is 6.01. The number of hydrogen-bond donors (Lipinski definition) is 1. The Balaban J connectivity index is 1.80. The van der Waals surface area contributed by atoms with E-state index in [0.717, 1.165) is 11.1 Å². The molecule has 6 heteroatoms. The quantitative estimate of drug-likeness (QED) is 0.800. The third-order valence-corrected chi connectivity index (χ3v) is 3.27. The number of nitrogens with one attached hydrogen (secondary N) is 1. The maximum atomic E-state index is 12.2. The number of aromatic nitrogens is 2. The molecule has 0 spiro atoms. The second-order valence-electron chi connectivity index (χ2n) is 4.93. The first-order chi connectivity index (χ1) is 11.2. The van der Waals surface area contributed by atoms with Crippen LogP contribution in [-0.2, 0) is 0 Å². The van der Waals surface area contributed by atoms with E-state index in [4.69, 9.17) is 9.15 Å². The van der Waals surface area contributed by atoms with Gasteiger partial charge in [-0.1, -0.05) is 29.8 Å². The van der Waals surface area contributed by atoms with Crippen LogP contribution in [0.4, 0.5) is 5.69 Å². The lowest BCUT2D eigenvalue weighted by molar-refractivity contribution is 0.0990. The van der Waals surface area contributed by atoms with Crippen molar-refractivity contribution in [3.05, 3.63) is 60.0 Å². The molecule has 0 atom stereocenters. The highest BCUT2D eigenvalue weighted by Crippen LogP contribution is 2.24. The number of carbonyl (C=O) groups excluding carboxylic acids is 1. The number of hydrogen-bond acceptors (Lipinski definition) is 5. The van der Waals surface area contributed by atoms with Crippen molar-refractivity contribution in [3.8, 4) is 17.2 Å². The van der Waals surface area contributed by atoms with Crippen molar-refractivity contribution >= 4 is 11.6 Å². The van der Waals surface area contributed by atoms with E-state index in [2.05, 4.69) is 15.5 Å². The standard InChI is InChI=1S/C17H15N3O3/c1-11-7-9-12(10-8-11)16-19-20-17(23-16)15(21)18-13-5-3-4-6-14(13)22-2/h3-10H,1-2H3,(H,18,21). The van der Waals surface area contributed by atoms with Crippen molar-refractivity contribution in [1.29, 1.82) is 0 Å². The molecule has 0 fully saturated rings. The smallest absolute Gasteiger partial charge is 0.313 e. The van der Waals surface area contributed by atoms with Crippen LogP contribution in [0.3, 0.4) is 0 Å². The molecule has 116 valence electrons. The van der Waals surface area contributed by atoms with E-state index in [9.17, 15) is 4.79 Å². The number of para-hydroxylation sites is 2. The number of carbonyl (C=O) groups is 1. The van der Waals surface area contributed by atoms with Crippen molar-refractivity contribution in [2.45, 2.75) is 6.92 Å². The summed E-state index contributed by atoms with van der Waals surface area (Å²) in [5.41, 5.74) is 2.43. The molecule has 0 aliphatic heterocycles. The van der Waals surface area contributed by atoms with E-state index in [1.807, 2.05) is 37.3 Å². The summed E-state index contributed by atoms with van der Waals surface area (Å²) >= 11 is 0. The normalized spacial score (nSPS) is 10.3. The summed E-state index contributed by atoms with van der Waals surface area (Å²) in [6.07, 6.45) is 0. The van der Waals surface area contributed by atoms with Crippen molar-refractivity contribution in [3.63, 3.8) is 0 Å². The van der Waals surface area contributed by atoms with Gasteiger partial charge in [-0.2, -0.15) is 0 Å². The summed E-state index contributed by atoms with van der Waals surface area (Å²) in [7, 11) is 1.53. The van der Waals surface area contributed by atoms with Crippen molar-refractivity contribution in [1.82, 2.24) is 10.2 Å². The predicted octanol–water partition coefficient (Wildman–Crippen LogP) is 3.31. The van der Waals surface area contributed by atoms with Crippen molar-refractivity contribution < 1.29 is 13.9 Å². The molecule has 2 aromatic carbocycles. The average molecular weight is 309 g/mol. The SMILES string of the molecule is COc1ccccc1NC(=O)c1nnc(-c2ccc(C)cc2)o1. The second-order valence-corrected chi connectivity index (χ2v) is 4.93. The van der Waals surface area contributed by atoms with Crippen LogP contribution in [0.1, 0.15) is 16.2 Å². The van der Waals surface area contributed by atoms with E-state index >= 15 is 0 Å². The molecule has 1 N–H and O–H groups in total. The lowest BCUT2D eigenvalue weighted by atomic mass is 10.1. The maximum Gasteiger partial charge on any atom is 0.313 e. The molecule has 1 aromatic heterocycles. The van der Waals surface area contributed by atoms with Crippen LogP contribution < -0.4 is 10.1 Å². The van der Waals surface area contributed by atoms with E-state index in [0.29, 0.717) is 17.3 Å². The third-order valence-electron chi connectivity index (χ3n) is 3.27. The molecule has 6 nitrogen and oxygen atoms in total. The number of aryl methyl sites for hydroxylation is 1. The fourth-order valence-electron chi connectivity index (χ4n) is 2.05. The zero-order chi connectivity index (χ0) is 16.2. The number of methoxy groups -OCH3 is 1. The average Bonchev–Trinajstić information content (AvgIpc) is 3.06. The minimum absolute atomic E-state index is 0.105. The molecule has 1 heterocycles. The molecule has 3 aromatic rings. The zero-order valence-electron chi connectivity index (χ0n) is 12.7. The monoisotopic (exact) mass is 309 g/mol. The van der Waals surface area contributed by atoms with Crippen LogP contribution in [-0.4, -0.2) is 23.2 Å². The number of benzene rings is 2. The summed E-state index contributed by atoms with van der Waals surface area (Å²) in [4.78, 5) is 12.2. The lowest BCUT2D eigenvalue weighted by Gasteiger charge is -2.07. The molecule has 0 aliphatic rings. The zero-order valence-corrected chi connectivity index (χ0v) is 12.7. The lowest BCUT2D eigenvalue weighted by Crippen LogP contribution is -2.13. The summed E-state index contributed by atoms with van der Waals surface area (Å²) in [5.74, 6) is 0.265. The minimum atomic E-state index is -0.486. The molecule has 0 aliphatic carbocycles. The third kappa shape index (κ3) is 3.21. The Bertz CT molecular complexity index is 825. The van der Waals surface area contributed by atoms with E-state index in [1.165, 1.54) is 7.11 Å². The van der Waals surface area contributed by atoms with Crippen LogP contribution in [0.2, 0.25) is 0 Å². The fourth-order valence-corrected chi connectivity index (χ4v) is 2.05. The molecule has 0 radical (unpaired) electrons. The Labute approximate surface area is 133 Å². The molecular formula is C17H15N3O3. The van der Waals surface area contributed by atoms with Crippen molar-refractivity contribution in [2.75, 3.05) is 12.4 Å². The van der Waals surface area contributed by atoms with Gasteiger partial charge in [0.25, 0.3) is 0 Å². The number of nitrogens with zero attached hydrogens (tertiary/aromatic N) is 2. The van der Waals surface area contributed by atoms with Gasteiger partial charge in [0.2, 0.25) is 5.89 Å². The van der Waals surface area contributed by atoms with Crippen LogP contribution in [0.5, 0.6) is 5.75 Å². The van der Waals surface area contributed by atoms with E-state index in [-0.39, 0.29) is 5.89 Å². The molecule has 3 rings (SSSR count). The summed E-state index contributed by atoms with van der Waals surface area (Å²) in [6.45, 7) is 1.99. The molecule has 23 heavy (non-hydrogen) atoms. The molecule has 1 amide bonds. The van der Waals surface area contributed by atoms with Crippen molar-refractivity contribution in [2.24, 2.45) is 0 Å². The summed E-state index contributed by atoms with van der Waals surface area (Å²) < 4.78 is 10.6. The van der Waals surface area contributed by atoms with Gasteiger partial charge in [-0.05, 0) is 31.2 Å². The van der Waals surface area contributed by atoms with Crippen LogP contribution in [0, 0.1) is 6.92 Å². The second kappa shape index (κ2) is 6.31. The molecule has 0 bridgehead atoms. The van der Waals surface area contributed by atoms with E-state index < -0.39 is 5.91 Å². The fraction of sp³-hybridized carbons (Fsp3) is 0.118. The maximum absolute atomic E-state index is 12.2. The van der Waals surface area contributed by atoms with Gasteiger partial charge < -0.3 is 14.5 Å². The minimum Gasteiger partial charge on any atom is -0.495 e. The van der Waals surface area contributed by atoms with Gasteiger partial charge in [0.1, 0.15) is 5.75 Å².